The first kappa shape index (κ1) is 7.42. The molecule has 2 heterocycles. The molecule has 0 aromatic carbocycles. The zero-order chi connectivity index (χ0) is 8.39. The summed E-state index contributed by atoms with van der Waals surface area (Å²) in [6, 6.07) is 0. The Bertz CT molecular complexity index is 351. The van der Waals surface area contributed by atoms with E-state index in [1.165, 1.54) is 0 Å². The van der Waals surface area contributed by atoms with Gasteiger partial charge in [0.05, 0.1) is 0 Å². The molecule has 0 bridgehead atoms. The van der Waals surface area contributed by atoms with Gasteiger partial charge in [-0.25, -0.2) is 4.98 Å². The molecule has 0 saturated heterocycles. The summed E-state index contributed by atoms with van der Waals surface area (Å²) >= 11 is 1.58. The molecule has 0 aliphatic rings. The van der Waals surface area contributed by atoms with Gasteiger partial charge in [-0.05, 0) is 6.92 Å². The number of rotatable bonds is 2. The van der Waals surface area contributed by atoms with Crippen molar-refractivity contribution in [2.45, 2.75) is 13.5 Å². The molecule has 0 spiro atoms. The Morgan fingerprint density at radius 1 is 1.58 bits per heavy atom. The van der Waals surface area contributed by atoms with Crippen LogP contribution < -0.4 is 0 Å². The topological polar surface area (TPSA) is 43.6 Å². The number of hydrogen-bond donors (Lipinski definition) is 0. The van der Waals surface area contributed by atoms with Gasteiger partial charge in [-0.15, -0.1) is 21.5 Å². The highest BCUT2D eigenvalue weighted by molar-refractivity contribution is 7.13. The van der Waals surface area contributed by atoms with E-state index in [-0.39, 0.29) is 0 Å². The average Bonchev–Trinajstić information content (AvgIpc) is 2.74. The molecule has 2 aromatic rings. The smallest absolute Gasteiger partial charge is 0.192 e. The van der Waals surface area contributed by atoms with Crippen LogP contribution in [0, 0.1) is 0 Å². The predicted molar refractivity (Wildman–Crippen MR) is 46.8 cm³/mol. The van der Waals surface area contributed by atoms with Crippen molar-refractivity contribution in [3.63, 3.8) is 0 Å². The molecule has 0 fully saturated rings. The first-order valence-electron chi connectivity index (χ1n) is 3.69. The maximum Gasteiger partial charge on any atom is 0.192 e. The van der Waals surface area contributed by atoms with Gasteiger partial charge in [-0.2, -0.15) is 0 Å². The third-order valence-electron chi connectivity index (χ3n) is 1.58. The van der Waals surface area contributed by atoms with Crippen LogP contribution in [-0.4, -0.2) is 19.7 Å². The fraction of sp³-hybridized carbons (Fsp3) is 0.286. The third kappa shape index (κ3) is 1.12. The van der Waals surface area contributed by atoms with E-state index in [0.29, 0.717) is 0 Å². The van der Waals surface area contributed by atoms with E-state index in [1.54, 1.807) is 23.9 Å². The van der Waals surface area contributed by atoms with Gasteiger partial charge in [0.15, 0.2) is 10.8 Å². The van der Waals surface area contributed by atoms with Crippen molar-refractivity contribution in [2.75, 3.05) is 0 Å². The lowest BCUT2D eigenvalue weighted by Crippen LogP contribution is -1.94. The summed E-state index contributed by atoms with van der Waals surface area (Å²) in [6.45, 7) is 2.93. The van der Waals surface area contributed by atoms with Crippen LogP contribution >= 0.6 is 11.3 Å². The normalized spacial score (nSPS) is 10.4. The Morgan fingerprint density at radius 2 is 2.50 bits per heavy atom. The Hall–Kier alpha value is -1.23. The second kappa shape index (κ2) is 3.02. The van der Waals surface area contributed by atoms with E-state index in [1.807, 2.05) is 9.95 Å². The standard InChI is InChI=1S/C7H8N4S/c1-2-11-5-9-10-6(11)7-8-3-4-12-7/h3-5H,2H2,1H3. The second-order valence-electron chi connectivity index (χ2n) is 2.28. The van der Waals surface area contributed by atoms with Gasteiger partial charge in [0.2, 0.25) is 0 Å². The summed E-state index contributed by atoms with van der Waals surface area (Å²) in [7, 11) is 0. The van der Waals surface area contributed by atoms with Gasteiger partial charge in [-0.1, -0.05) is 0 Å². The van der Waals surface area contributed by atoms with Crippen molar-refractivity contribution in [1.29, 1.82) is 0 Å². The number of aryl methyl sites for hydroxylation is 1. The molecular formula is C7H8N4S. The van der Waals surface area contributed by atoms with E-state index in [0.717, 1.165) is 17.4 Å². The molecule has 2 aromatic heterocycles. The molecule has 0 radical (unpaired) electrons. The summed E-state index contributed by atoms with van der Waals surface area (Å²) in [5.41, 5.74) is 0. The van der Waals surface area contributed by atoms with Crippen molar-refractivity contribution in [1.82, 2.24) is 19.7 Å². The zero-order valence-electron chi connectivity index (χ0n) is 6.64. The molecule has 62 valence electrons. The Labute approximate surface area is 73.9 Å². The van der Waals surface area contributed by atoms with Crippen LogP contribution in [0.15, 0.2) is 17.9 Å². The van der Waals surface area contributed by atoms with Crippen molar-refractivity contribution >= 4 is 11.3 Å². The number of nitrogens with zero attached hydrogens (tertiary/aromatic N) is 4. The van der Waals surface area contributed by atoms with Crippen molar-refractivity contribution in [2.24, 2.45) is 0 Å². The van der Waals surface area contributed by atoms with E-state index in [2.05, 4.69) is 22.1 Å². The lowest BCUT2D eigenvalue weighted by Gasteiger charge is -1.97. The summed E-state index contributed by atoms with van der Waals surface area (Å²) < 4.78 is 1.97. The summed E-state index contributed by atoms with van der Waals surface area (Å²) in [4.78, 5) is 4.16. The molecular weight excluding hydrogens is 172 g/mol. The van der Waals surface area contributed by atoms with Crippen LogP contribution in [0.1, 0.15) is 6.92 Å². The molecule has 0 unspecified atom stereocenters. The van der Waals surface area contributed by atoms with Gasteiger partial charge in [0.25, 0.3) is 0 Å². The Balaban J connectivity index is 2.46. The first-order chi connectivity index (χ1) is 5.92. The summed E-state index contributed by atoms with van der Waals surface area (Å²) in [6.07, 6.45) is 3.49. The van der Waals surface area contributed by atoms with Crippen LogP contribution in [0.25, 0.3) is 10.8 Å². The van der Waals surface area contributed by atoms with Crippen LogP contribution in [0.2, 0.25) is 0 Å². The van der Waals surface area contributed by atoms with Crippen LogP contribution in [-0.2, 0) is 6.54 Å². The highest BCUT2D eigenvalue weighted by atomic mass is 32.1. The minimum atomic E-state index is 0.854. The molecule has 0 atom stereocenters. The fourth-order valence-electron chi connectivity index (χ4n) is 0.986. The molecule has 0 N–H and O–H groups in total. The quantitative estimate of drug-likeness (QED) is 0.702. The van der Waals surface area contributed by atoms with E-state index in [4.69, 9.17) is 0 Å². The molecule has 0 saturated carbocycles. The first-order valence-corrected chi connectivity index (χ1v) is 4.57. The van der Waals surface area contributed by atoms with E-state index >= 15 is 0 Å². The van der Waals surface area contributed by atoms with Crippen LogP contribution in [0.4, 0.5) is 0 Å². The largest absolute Gasteiger partial charge is 0.312 e. The fourth-order valence-corrected chi connectivity index (χ4v) is 1.62. The van der Waals surface area contributed by atoms with Gasteiger partial charge < -0.3 is 4.57 Å². The SMILES string of the molecule is CCn1cnnc1-c1nccs1. The van der Waals surface area contributed by atoms with Gasteiger partial charge in [0.1, 0.15) is 6.33 Å². The number of hydrogen-bond acceptors (Lipinski definition) is 4. The Kier molecular flexibility index (Phi) is 1.87. The monoisotopic (exact) mass is 180 g/mol. The van der Waals surface area contributed by atoms with Crippen molar-refractivity contribution in [3.8, 4) is 10.8 Å². The minimum absolute atomic E-state index is 0.854. The van der Waals surface area contributed by atoms with Crippen molar-refractivity contribution < 1.29 is 0 Å². The summed E-state index contributed by atoms with van der Waals surface area (Å²) in [5.74, 6) is 0.854. The molecule has 4 nitrogen and oxygen atoms in total. The lowest BCUT2D eigenvalue weighted by atomic mass is 10.6. The van der Waals surface area contributed by atoms with E-state index < -0.39 is 0 Å². The Morgan fingerprint density at radius 3 is 3.17 bits per heavy atom. The maximum absolute atomic E-state index is 4.16. The lowest BCUT2D eigenvalue weighted by molar-refractivity contribution is 0.766. The van der Waals surface area contributed by atoms with Gasteiger partial charge in [-0.3, -0.25) is 0 Å². The molecule has 2 rings (SSSR count). The van der Waals surface area contributed by atoms with Gasteiger partial charge in [0, 0.05) is 18.1 Å². The number of aromatic nitrogens is 4. The predicted octanol–water partition coefficient (Wildman–Crippen LogP) is 1.42. The van der Waals surface area contributed by atoms with Crippen LogP contribution in [0.5, 0.6) is 0 Å². The van der Waals surface area contributed by atoms with Crippen LogP contribution in [0.3, 0.4) is 0 Å². The molecule has 0 aliphatic heterocycles. The molecule has 0 aliphatic carbocycles. The minimum Gasteiger partial charge on any atom is -0.312 e. The molecule has 5 heteroatoms. The highest BCUT2D eigenvalue weighted by Gasteiger charge is 2.06. The third-order valence-corrected chi connectivity index (χ3v) is 2.35. The molecule has 0 amide bonds. The maximum atomic E-state index is 4.16. The number of thiazole rings is 1. The second-order valence-corrected chi connectivity index (χ2v) is 3.17. The summed E-state index contributed by atoms with van der Waals surface area (Å²) in [5, 5.41) is 10.7. The highest BCUT2D eigenvalue weighted by Crippen LogP contribution is 2.18. The zero-order valence-corrected chi connectivity index (χ0v) is 7.45. The van der Waals surface area contributed by atoms with Gasteiger partial charge >= 0.3 is 0 Å². The van der Waals surface area contributed by atoms with Crippen molar-refractivity contribution in [3.05, 3.63) is 17.9 Å². The van der Waals surface area contributed by atoms with E-state index in [9.17, 15) is 0 Å². The average molecular weight is 180 g/mol. The molecule has 12 heavy (non-hydrogen) atoms.